The van der Waals surface area contributed by atoms with E-state index in [1.165, 1.54) is 0 Å². The molecule has 9 nitrogen and oxygen atoms in total. The van der Waals surface area contributed by atoms with E-state index in [0.717, 1.165) is 22.9 Å². The fraction of sp³-hybridized carbons (Fsp3) is 0.625. The quantitative estimate of drug-likeness (QED) is 0.762. The molecule has 0 spiro atoms. The summed E-state index contributed by atoms with van der Waals surface area (Å²) < 4.78 is 37.0. The lowest BCUT2D eigenvalue weighted by atomic mass is 10.1. The van der Waals surface area contributed by atoms with Crippen molar-refractivity contribution in [2.24, 2.45) is 5.92 Å². The average molecular weight is 386 g/mol. The van der Waals surface area contributed by atoms with E-state index in [0.29, 0.717) is 32.6 Å². The van der Waals surface area contributed by atoms with Crippen LogP contribution >= 0.6 is 0 Å². The second-order valence-corrected chi connectivity index (χ2v) is 8.47. The molecule has 1 N–H and O–H groups in total. The zero-order valence-electron chi connectivity index (χ0n) is 14.5. The molecule has 2 unspecified atom stereocenters. The SMILES string of the molecule is CN(CC1CCOC1)C(=O)C1CCCN1S(=O)(=O)c1ccc(C(=O)O)o1. The first-order chi connectivity index (χ1) is 12.3. The van der Waals surface area contributed by atoms with Crippen molar-refractivity contribution in [3.05, 3.63) is 17.9 Å². The van der Waals surface area contributed by atoms with Crippen molar-refractivity contribution in [2.75, 3.05) is 33.4 Å². The molecule has 3 rings (SSSR count). The molecule has 0 saturated carbocycles. The molecule has 2 aliphatic heterocycles. The van der Waals surface area contributed by atoms with Crippen molar-refractivity contribution in [2.45, 2.75) is 30.4 Å². The summed E-state index contributed by atoms with van der Waals surface area (Å²) in [6.07, 6.45) is 1.87. The van der Waals surface area contributed by atoms with Crippen LogP contribution in [0.4, 0.5) is 0 Å². The van der Waals surface area contributed by atoms with Gasteiger partial charge in [0.15, 0.2) is 0 Å². The number of furan rings is 1. The van der Waals surface area contributed by atoms with Crippen LogP contribution in [0.2, 0.25) is 0 Å². The molecule has 0 aliphatic carbocycles. The van der Waals surface area contributed by atoms with E-state index in [4.69, 9.17) is 14.3 Å². The number of sulfonamides is 1. The van der Waals surface area contributed by atoms with Crippen LogP contribution in [0.5, 0.6) is 0 Å². The smallest absolute Gasteiger partial charge is 0.371 e. The Morgan fingerprint density at radius 3 is 2.73 bits per heavy atom. The van der Waals surface area contributed by atoms with E-state index in [9.17, 15) is 18.0 Å². The Labute approximate surface area is 151 Å². The van der Waals surface area contributed by atoms with Crippen LogP contribution in [-0.4, -0.2) is 74.0 Å². The van der Waals surface area contributed by atoms with Crippen LogP contribution in [-0.2, 0) is 19.6 Å². The largest absolute Gasteiger partial charge is 0.475 e. The van der Waals surface area contributed by atoms with Gasteiger partial charge in [0.2, 0.25) is 16.8 Å². The van der Waals surface area contributed by atoms with Crippen LogP contribution < -0.4 is 0 Å². The van der Waals surface area contributed by atoms with E-state index in [2.05, 4.69) is 0 Å². The van der Waals surface area contributed by atoms with Gasteiger partial charge in [0.25, 0.3) is 10.0 Å². The number of hydrogen-bond donors (Lipinski definition) is 1. The maximum atomic E-state index is 12.8. The Morgan fingerprint density at radius 1 is 1.35 bits per heavy atom. The summed E-state index contributed by atoms with van der Waals surface area (Å²) in [7, 11) is -2.41. The molecule has 0 aromatic carbocycles. The highest BCUT2D eigenvalue weighted by Gasteiger charge is 2.42. The molecular weight excluding hydrogens is 364 g/mol. The number of amides is 1. The molecule has 1 aromatic heterocycles. The first-order valence-electron chi connectivity index (χ1n) is 8.48. The minimum atomic E-state index is -4.08. The van der Waals surface area contributed by atoms with Gasteiger partial charge in [-0.05, 0) is 31.4 Å². The van der Waals surface area contributed by atoms with Crippen molar-refractivity contribution in [3.63, 3.8) is 0 Å². The second kappa shape index (κ2) is 7.37. The number of ether oxygens (including phenoxy) is 1. The number of carbonyl (C=O) groups is 2. The highest BCUT2D eigenvalue weighted by atomic mass is 32.2. The Balaban J connectivity index is 1.75. The maximum absolute atomic E-state index is 12.8. The van der Waals surface area contributed by atoms with Crippen LogP contribution in [0, 0.1) is 5.92 Å². The molecule has 10 heteroatoms. The minimum Gasteiger partial charge on any atom is -0.475 e. The van der Waals surface area contributed by atoms with Crippen LogP contribution in [0.3, 0.4) is 0 Å². The molecule has 26 heavy (non-hydrogen) atoms. The van der Waals surface area contributed by atoms with Crippen LogP contribution in [0.25, 0.3) is 0 Å². The number of carboxylic acids is 1. The standard InChI is InChI=1S/C16H22N2O7S/c1-17(9-11-6-8-24-10-11)15(19)12-3-2-7-18(12)26(22,23)14-5-4-13(25-14)16(20)21/h4-5,11-12H,2-3,6-10H2,1H3,(H,20,21). The Morgan fingerprint density at radius 2 is 2.12 bits per heavy atom. The maximum Gasteiger partial charge on any atom is 0.371 e. The van der Waals surface area contributed by atoms with E-state index in [1.54, 1.807) is 11.9 Å². The molecule has 0 bridgehead atoms. The summed E-state index contributed by atoms with van der Waals surface area (Å²) in [4.78, 5) is 25.3. The fourth-order valence-electron chi connectivity index (χ4n) is 3.42. The van der Waals surface area contributed by atoms with Crippen molar-refractivity contribution in [1.82, 2.24) is 9.21 Å². The number of carbonyl (C=O) groups excluding carboxylic acids is 1. The second-order valence-electron chi connectivity index (χ2n) is 6.65. The normalized spacial score (nSPS) is 24.0. The summed E-state index contributed by atoms with van der Waals surface area (Å²) in [6.45, 7) is 2.01. The van der Waals surface area contributed by atoms with E-state index < -0.39 is 32.9 Å². The Kier molecular flexibility index (Phi) is 5.35. The zero-order chi connectivity index (χ0) is 18.9. The molecule has 2 atom stereocenters. The molecule has 3 heterocycles. The van der Waals surface area contributed by atoms with Gasteiger partial charge in [0.1, 0.15) is 6.04 Å². The van der Waals surface area contributed by atoms with Crippen molar-refractivity contribution in [3.8, 4) is 0 Å². The summed E-state index contributed by atoms with van der Waals surface area (Å²) in [6, 6.07) is 1.40. The van der Waals surface area contributed by atoms with E-state index in [-0.39, 0.29) is 18.4 Å². The number of rotatable bonds is 6. The first-order valence-corrected chi connectivity index (χ1v) is 9.92. The molecule has 2 fully saturated rings. The van der Waals surface area contributed by atoms with Gasteiger partial charge in [-0.15, -0.1) is 0 Å². The first kappa shape index (κ1) is 18.9. The van der Waals surface area contributed by atoms with Crippen LogP contribution in [0.1, 0.15) is 29.8 Å². The molecule has 2 saturated heterocycles. The summed E-state index contributed by atoms with van der Waals surface area (Å²) in [5.41, 5.74) is 0. The van der Waals surface area contributed by atoms with Gasteiger partial charge in [-0.25, -0.2) is 13.2 Å². The molecule has 2 aliphatic rings. The fourth-order valence-corrected chi connectivity index (χ4v) is 4.99. The highest BCUT2D eigenvalue weighted by Crippen LogP contribution is 2.28. The topological polar surface area (TPSA) is 117 Å². The number of likely N-dealkylation sites (N-methyl/N-ethyl adjacent to an activating group) is 1. The van der Waals surface area contributed by atoms with Gasteiger partial charge in [-0.1, -0.05) is 0 Å². The number of nitrogens with zero attached hydrogens (tertiary/aromatic N) is 2. The van der Waals surface area contributed by atoms with Gasteiger partial charge in [0.05, 0.1) is 6.61 Å². The highest BCUT2D eigenvalue weighted by molar-refractivity contribution is 7.89. The van der Waals surface area contributed by atoms with E-state index in [1.807, 2.05) is 0 Å². The molecule has 0 radical (unpaired) electrons. The average Bonchev–Trinajstić information content (AvgIpc) is 3.33. The van der Waals surface area contributed by atoms with Gasteiger partial charge < -0.3 is 19.2 Å². The summed E-state index contributed by atoms with van der Waals surface area (Å²) in [5, 5.41) is 8.45. The minimum absolute atomic E-state index is 0.197. The van der Waals surface area contributed by atoms with Gasteiger partial charge in [-0.3, -0.25) is 4.79 Å². The lowest BCUT2D eigenvalue weighted by Gasteiger charge is -2.28. The number of aromatic carboxylic acids is 1. The lowest BCUT2D eigenvalue weighted by Crippen LogP contribution is -2.47. The third-order valence-corrected chi connectivity index (χ3v) is 6.56. The molecule has 144 valence electrons. The predicted octanol–water partition coefficient (Wildman–Crippen LogP) is 0.626. The van der Waals surface area contributed by atoms with Crippen molar-refractivity contribution >= 4 is 21.9 Å². The van der Waals surface area contributed by atoms with Gasteiger partial charge in [-0.2, -0.15) is 4.31 Å². The third-order valence-electron chi connectivity index (χ3n) is 4.78. The van der Waals surface area contributed by atoms with E-state index >= 15 is 0 Å². The summed E-state index contributed by atoms with van der Waals surface area (Å²) >= 11 is 0. The molecule has 1 amide bonds. The molecule has 1 aromatic rings. The Bertz CT molecular complexity index is 782. The zero-order valence-corrected chi connectivity index (χ0v) is 15.3. The predicted molar refractivity (Wildman–Crippen MR) is 89.1 cm³/mol. The third kappa shape index (κ3) is 3.62. The van der Waals surface area contributed by atoms with Gasteiger partial charge >= 0.3 is 5.97 Å². The van der Waals surface area contributed by atoms with Crippen molar-refractivity contribution in [1.29, 1.82) is 0 Å². The van der Waals surface area contributed by atoms with Crippen LogP contribution in [0.15, 0.2) is 21.6 Å². The Hall–Kier alpha value is -1.91. The monoisotopic (exact) mass is 386 g/mol. The number of carboxylic acid groups (broad SMARTS) is 1. The van der Waals surface area contributed by atoms with Gasteiger partial charge in [0, 0.05) is 32.7 Å². The van der Waals surface area contributed by atoms with Crippen molar-refractivity contribution < 1.29 is 32.3 Å². The lowest BCUT2D eigenvalue weighted by molar-refractivity contribution is -0.133. The summed E-state index contributed by atoms with van der Waals surface area (Å²) in [5.74, 6) is -1.80. The number of hydrogen-bond acceptors (Lipinski definition) is 6. The molecular formula is C16H22N2O7S.